The zero-order valence-electron chi connectivity index (χ0n) is 11.4. The van der Waals surface area contributed by atoms with E-state index in [-0.39, 0.29) is 0 Å². The van der Waals surface area contributed by atoms with Crippen molar-refractivity contribution in [3.05, 3.63) is 77.9 Å². The van der Waals surface area contributed by atoms with Crippen molar-refractivity contribution >= 4 is 6.08 Å². The van der Waals surface area contributed by atoms with Gasteiger partial charge in [-0.15, -0.1) is 0 Å². The van der Waals surface area contributed by atoms with Crippen LogP contribution in [0.2, 0.25) is 0 Å². The van der Waals surface area contributed by atoms with Gasteiger partial charge in [-0.05, 0) is 23.6 Å². The lowest BCUT2D eigenvalue weighted by Crippen LogP contribution is -1.96. The molecule has 2 aromatic rings. The topological polar surface area (TPSA) is 20.2 Å². The molecule has 0 amide bonds. The molecule has 1 N–H and O–H groups in total. The minimum Gasteiger partial charge on any atom is -0.377 e. The molecule has 20 heavy (non-hydrogen) atoms. The second kappa shape index (κ2) is 7.99. The van der Waals surface area contributed by atoms with E-state index in [4.69, 9.17) is 0 Å². The van der Waals surface area contributed by atoms with Gasteiger partial charge < -0.3 is 5.11 Å². The number of hydrogen-bond acceptors (Lipinski definition) is 1. The minimum absolute atomic E-state index is 0.703. The molecule has 2 rings (SSSR count). The van der Waals surface area contributed by atoms with Crippen LogP contribution in [0.25, 0.3) is 6.08 Å². The summed E-state index contributed by atoms with van der Waals surface area (Å²) < 4.78 is 0. The lowest BCUT2D eigenvalue weighted by Gasteiger charge is -1.96. The van der Waals surface area contributed by atoms with Crippen LogP contribution in [-0.2, 0) is 6.42 Å². The Morgan fingerprint density at radius 2 is 1.60 bits per heavy atom. The van der Waals surface area contributed by atoms with Gasteiger partial charge in [0.25, 0.3) is 0 Å². The van der Waals surface area contributed by atoms with Gasteiger partial charge >= 0.3 is 0 Å². The molecule has 0 bridgehead atoms. The SMILES string of the molecule is O[C@@H](C#CCCc1ccccc1)/C=C/c1ccccc1. The van der Waals surface area contributed by atoms with Crippen LogP contribution in [0.1, 0.15) is 17.5 Å². The van der Waals surface area contributed by atoms with E-state index in [1.165, 1.54) is 5.56 Å². The molecule has 0 unspecified atom stereocenters. The van der Waals surface area contributed by atoms with Crippen molar-refractivity contribution in [2.75, 3.05) is 0 Å². The van der Waals surface area contributed by atoms with Gasteiger partial charge in [0, 0.05) is 6.42 Å². The number of benzene rings is 2. The molecule has 1 nitrogen and oxygen atoms in total. The van der Waals surface area contributed by atoms with Crippen LogP contribution in [0.3, 0.4) is 0 Å². The molecule has 0 aromatic heterocycles. The summed E-state index contributed by atoms with van der Waals surface area (Å²) in [5.41, 5.74) is 2.34. The molecule has 0 heterocycles. The Morgan fingerprint density at radius 3 is 2.30 bits per heavy atom. The lowest BCUT2D eigenvalue weighted by molar-refractivity contribution is 0.281. The van der Waals surface area contributed by atoms with E-state index in [0.717, 1.165) is 18.4 Å². The van der Waals surface area contributed by atoms with Crippen molar-refractivity contribution in [1.29, 1.82) is 0 Å². The Labute approximate surface area is 120 Å². The predicted molar refractivity (Wildman–Crippen MR) is 84.0 cm³/mol. The third-order valence-corrected chi connectivity index (χ3v) is 2.90. The Kier molecular flexibility index (Phi) is 5.64. The Balaban J connectivity index is 1.79. The van der Waals surface area contributed by atoms with Crippen LogP contribution in [-0.4, -0.2) is 11.2 Å². The van der Waals surface area contributed by atoms with Gasteiger partial charge in [0.05, 0.1) is 0 Å². The van der Waals surface area contributed by atoms with Gasteiger partial charge in [0.1, 0.15) is 6.10 Å². The van der Waals surface area contributed by atoms with E-state index in [0.29, 0.717) is 0 Å². The van der Waals surface area contributed by atoms with E-state index >= 15 is 0 Å². The van der Waals surface area contributed by atoms with Gasteiger partial charge in [-0.3, -0.25) is 0 Å². The highest BCUT2D eigenvalue weighted by molar-refractivity contribution is 5.50. The second-order valence-electron chi connectivity index (χ2n) is 4.52. The fraction of sp³-hybridized carbons (Fsp3) is 0.158. The van der Waals surface area contributed by atoms with Crippen molar-refractivity contribution in [2.24, 2.45) is 0 Å². The predicted octanol–water partition coefficient (Wildman–Crippen LogP) is 3.70. The monoisotopic (exact) mass is 262 g/mol. The Hall–Kier alpha value is -2.30. The summed E-state index contributed by atoms with van der Waals surface area (Å²) in [6.45, 7) is 0. The van der Waals surface area contributed by atoms with Crippen LogP contribution >= 0.6 is 0 Å². The van der Waals surface area contributed by atoms with E-state index < -0.39 is 6.10 Å². The first-order valence-electron chi connectivity index (χ1n) is 6.78. The van der Waals surface area contributed by atoms with E-state index in [2.05, 4.69) is 24.0 Å². The number of aryl methyl sites for hydroxylation is 1. The fourth-order valence-corrected chi connectivity index (χ4v) is 1.84. The minimum atomic E-state index is -0.703. The van der Waals surface area contributed by atoms with Crippen molar-refractivity contribution in [3.8, 4) is 11.8 Å². The van der Waals surface area contributed by atoms with Crippen LogP contribution in [0.5, 0.6) is 0 Å². The summed E-state index contributed by atoms with van der Waals surface area (Å²) in [4.78, 5) is 0. The molecule has 0 spiro atoms. The highest BCUT2D eigenvalue weighted by atomic mass is 16.3. The molecule has 1 atom stereocenters. The molecular weight excluding hydrogens is 244 g/mol. The third kappa shape index (κ3) is 5.14. The van der Waals surface area contributed by atoms with Crippen LogP contribution < -0.4 is 0 Å². The smallest absolute Gasteiger partial charge is 0.133 e. The number of rotatable bonds is 4. The first-order chi connectivity index (χ1) is 9.84. The third-order valence-electron chi connectivity index (χ3n) is 2.90. The van der Waals surface area contributed by atoms with Crippen molar-refractivity contribution in [2.45, 2.75) is 18.9 Å². The summed E-state index contributed by atoms with van der Waals surface area (Å²) in [6, 6.07) is 20.1. The molecule has 0 radical (unpaired) electrons. The maximum Gasteiger partial charge on any atom is 0.133 e. The zero-order valence-corrected chi connectivity index (χ0v) is 11.4. The average Bonchev–Trinajstić information content (AvgIpc) is 2.52. The molecule has 100 valence electrons. The molecule has 1 heteroatoms. The number of hydrogen-bond donors (Lipinski definition) is 1. The zero-order chi connectivity index (χ0) is 14.0. The lowest BCUT2D eigenvalue weighted by atomic mass is 10.1. The molecule has 0 aliphatic heterocycles. The number of aliphatic hydroxyl groups excluding tert-OH is 1. The van der Waals surface area contributed by atoms with Crippen molar-refractivity contribution in [3.63, 3.8) is 0 Å². The van der Waals surface area contributed by atoms with E-state index in [1.54, 1.807) is 6.08 Å². The summed E-state index contributed by atoms with van der Waals surface area (Å²) in [6.07, 6.45) is 4.58. The van der Waals surface area contributed by atoms with Crippen LogP contribution in [0, 0.1) is 11.8 Å². The van der Waals surface area contributed by atoms with Gasteiger partial charge in [-0.1, -0.05) is 78.6 Å². The first-order valence-corrected chi connectivity index (χ1v) is 6.78. The summed E-state index contributed by atoms with van der Waals surface area (Å²) in [5, 5.41) is 9.75. The normalized spacial score (nSPS) is 11.8. The van der Waals surface area contributed by atoms with Gasteiger partial charge in [0.15, 0.2) is 0 Å². The summed E-state index contributed by atoms with van der Waals surface area (Å²) >= 11 is 0. The molecule has 2 aromatic carbocycles. The average molecular weight is 262 g/mol. The van der Waals surface area contributed by atoms with E-state index in [9.17, 15) is 5.11 Å². The summed E-state index contributed by atoms with van der Waals surface area (Å²) in [5.74, 6) is 5.86. The Bertz CT molecular complexity index is 588. The largest absolute Gasteiger partial charge is 0.377 e. The molecule has 0 fully saturated rings. The fourth-order valence-electron chi connectivity index (χ4n) is 1.84. The van der Waals surface area contributed by atoms with Gasteiger partial charge in [-0.25, -0.2) is 0 Å². The highest BCUT2D eigenvalue weighted by Crippen LogP contribution is 2.03. The second-order valence-corrected chi connectivity index (χ2v) is 4.52. The molecule has 0 aliphatic carbocycles. The molecule has 0 saturated heterocycles. The number of aliphatic hydroxyl groups is 1. The molecular formula is C19H18O. The molecule has 0 aliphatic rings. The van der Waals surface area contributed by atoms with E-state index in [1.807, 2.05) is 54.6 Å². The standard InChI is InChI=1S/C19H18O/c20-19(16-15-18-11-5-2-6-12-18)14-8-7-13-17-9-3-1-4-10-17/h1-6,9-12,15-16,19-20H,7,13H2/b16-15+/t19-/m0/s1. The Morgan fingerprint density at radius 1 is 0.950 bits per heavy atom. The first kappa shape index (κ1) is 14.1. The van der Waals surface area contributed by atoms with Crippen LogP contribution in [0.4, 0.5) is 0 Å². The maximum absolute atomic E-state index is 9.75. The van der Waals surface area contributed by atoms with Gasteiger partial charge in [0.2, 0.25) is 0 Å². The maximum atomic E-state index is 9.75. The van der Waals surface area contributed by atoms with Crippen molar-refractivity contribution < 1.29 is 5.11 Å². The highest BCUT2D eigenvalue weighted by Gasteiger charge is 1.92. The quantitative estimate of drug-likeness (QED) is 0.833. The molecule has 0 saturated carbocycles. The van der Waals surface area contributed by atoms with Crippen molar-refractivity contribution in [1.82, 2.24) is 0 Å². The summed E-state index contributed by atoms with van der Waals surface area (Å²) in [7, 11) is 0. The van der Waals surface area contributed by atoms with Crippen LogP contribution in [0.15, 0.2) is 66.7 Å². The van der Waals surface area contributed by atoms with Gasteiger partial charge in [-0.2, -0.15) is 0 Å².